The third-order valence-corrected chi connectivity index (χ3v) is 3.05. The van der Waals surface area contributed by atoms with Crippen molar-refractivity contribution in [3.8, 4) is 0 Å². The molecule has 0 saturated carbocycles. The monoisotopic (exact) mass is 304 g/mol. The molecule has 1 aromatic carbocycles. The molecule has 1 N–H and O–H groups in total. The largest absolute Gasteiger partial charge is 0.405 e. The molecule has 120 valence electrons. The average molecular weight is 304 g/mol. The Bertz CT molecular complexity index is 404. The first-order chi connectivity index (χ1) is 9.83. The Kier molecular flexibility index (Phi) is 6.98. The molecule has 1 aromatic rings. The van der Waals surface area contributed by atoms with Gasteiger partial charge in [-0.3, -0.25) is 0 Å². The van der Waals surface area contributed by atoms with Crippen LogP contribution in [-0.2, 0) is 11.3 Å². The molecule has 0 radical (unpaired) electrons. The Balaban J connectivity index is 2.65. The average Bonchev–Trinajstić information content (AvgIpc) is 2.41. The fraction of sp³-hybridized carbons (Fsp3) is 0.600. The number of alkyl halides is 3. The highest BCUT2D eigenvalue weighted by molar-refractivity contribution is 5.48. The molecule has 1 rings (SSSR count). The Hall–Kier alpha value is -1.27. The minimum atomic E-state index is -4.20. The van der Waals surface area contributed by atoms with E-state index in [1.54, 1.807) is 33.1 Å². The first-order valence-corrected chi connectivity index (χ1v) is 6.95. The molecule has 0 aliphatic heterocycles. The lowest BCUT2D eigenvalue weighted by Crippen LogP contribution is -2.39. The van der Waals surface area contributed by atoms with E-state index >= 15 is 0 Å². The van der Waals surface area contributed by atoms with Gasteiger partial charge in [-0.2, -0.15) is 13.2 Å². The van der Waals surface area contributed by atoms with Crippen LogP contribution in [0.2, 0.25) is 0 Å². The highest BCUT2D eigenvalue weighted by Crippen LogP contribution is 2.24. The molecule has 0 fully saturated rings. The number of nitrogens with zero attached hydrogens (tertiary/aromatic N) is 1. The molecule has 21 heavy (non-hydrogen) atoms. The zero-order valence-electron chi connectivity index (χ0n) is 12.7. The van der Waals surface area contributed by atoms with Crippen molar-refractivity contribution in [2.24, 2.45) is 0 Å². The quantitative estimate of drug-likeness (QED) is 0.747. The van der Waals surface area contributed by atoms with Crippen molar-refractivity contribution >= 4 is 5.69 Å². The van der Waals surface area contributed by atoms with Crippen LogP contribution in [-0.4, -0.2) is 39.0 Å². The van der Waals surface area contributed by atoms with Crippen molar-refractivity contribution in [2.75, 3.05) is 31.7 Å². The second-order valence-electron chi connectivity index (χ2n) is 5.17. The van der Waals surface area contributed by atoms with E-state index < -0.39 is 12.7 Å². The van der Waals surface area contributed by atoms with Crippen molar-refractivity contribution in [3.05, 3.63) is 29.8 Å². The number of halogens is 3. The number of ether oxygens (including phenoxy) is 1. The van der Waals surface area contributed by atoms with Crippen LogP contribution in [0.5, 0.6) is 0 Å². The van der Waals surface area contributed by atoms with E-state index in [9.17, 15) is 13.2 Å². The van der Waals surface area contributed by atoms with Crippen LogP contribution < -0.4 is 10.2 Å². The molecule has 6 heteroatoms. The molecule has 0 aromatic heterocycles. The number of hydrogen-bond acceptors (Lipinski definition) is 3. The smallest absolute Gasteiger partial charge is 0.383 e. The Morgan fingerprint density at radius 2 is 1.81 bits per heavy atom. The van der Waals surface area contributed by atoms with E-state index in [1.807, 2.05) is 12.1 Å². The van der Waals surface area contributed by atoms with E-state index in [2.05, 4.69) is 5.32 Å². The summed E-state index contributed by atoms with van der Waals surface area (Å²) in [7, 11) is 1.64. The van der Waals surface area contributed by atoms with Gasteiger partial charge in [0.15, 0.2) is 0 Å². The Labute approximate surface area is 124 Å². The SMILES string of the molecule is COCCNCc1ccc(N(CC(F)(F)F)C(C)C)cc1. The summed E-state index contributed by atoms with van der Waals surface area (Å²) in [6.45, 7) is 4.62. The van der Waals surface area contributed by atoms with Crippen molar-refractivity contribution < 1.29 is 17.9 Å². The van der Waals surface area contributed by atoms with Crippen molar-refractivity contribution in [2.45, 2.75) is 32.6 Å². The molecule has 0 heterocycles. The molecule has 0 saturated heterocycles. The second kappa shape index (κ2) is 8.24. The summed E-state index contributed by atoms with van der Waals surface area (Å²) in [5.41, 5.74) is 1.62. The van der Waals surface area contributed by atoms with Crippen LogP contribution in [0.1, 0.15) is 19.4 Å². The van der Waals surface area contributed by atoms with Gasteiger partial charge in [-0.25, -0.2) is 0 Å². The first kappa shape index (κ1) is 17.8. The molecule has 3 nitrogen and oxygen atoms in total. The normalized spacial score (nSPS) is 12.0. The van der Waals surface area contributed by atoms with Gasteiger partial charge in [0.05, 0.1) is 6.61 Å². The van der Waals surface area contributed by atoms with Gasteiger partial charge in [0.1, 0.15) is 6.54 Å². The standard InChI is InChI=1S/C15H23F3N2O/c1-12(2)20(11-15(16,17)18)14-6-4-13(5-7-14)10-19-8-9-21-3/h4-7,12,19H,8-11H2,1-3H3. The van der Waals surface area contributed by atoms with Crippen LogP contribution in [0.4, 0.5) is 18.9 Å². The van der Waals surface area contributed by atoms with E-state index in [-0.39, 0.29) is 6.04 Å². The fourth-order valence-corrected chi connectivity index (χ4v) is 1.98. The lowest BCUT2D eigenvalue weighted by molar-refractivity contribution is -0.120. The molecule has 0 atom stereocenters. The molecule has 0 spiro atoms. The summed E-state index contributed by atoms with van der Waals surface area (Å²) in [5, 5.41) is 3.19. The topological polar surface area (TPSA) is 24.5 Å². The first-order valence-electron chi connectivity index (χ1n) is 6.95. The maximum atomic E-state index is 12.6. The van der Waals surface area contributed by atoms with Crippen LogP contribution in [0.15, 0.2) is 24.3 Å². The summed E-state index contributed by atoms with van der Waals surface area (Å²) in [6, 6.07) is 6.96. The van der Waals surface area contributed by atoms with Crippen molar-refractivity contribution in [1.29, 1.82) is 0 Å². The van der Waals surface area contributed by atoms with Crippen LogP contribution in [0, 0.1) is 0 Å². The third-order valence-electron chi connectivity index (χ3n) is 3.05. The zero-order valence-corrected chi connectivity index (χ0v) is 12.7. The van der Waals surface area contributed by atoms with E-state index in [0.717, 1.165) is 12.1 Å². The van der Waals surface area contributed by atoms with Crippen LogP contribution >= 0.6 is 0 Å². The Morgan fingerprint density at radius 3 is 2.29 bits per heavy atom. The predicted molar refractivity (Wildman–Crippen MR) is 78.6 cm³/mol. The molecule has 0 aliphatic carbocycles. The summed E-state index contributed by atoms with van der Waals surface area (Å²) in [5.74, 6) is 0. The second-order valence-corrected chi connectivity index (χ2v) is 5.17. The number of anilines is 1. The molecular weight excluding hydrogens is 281 g/mol. The summed E-state index contributed by atoms with van der Waals surface area (Å²) < 4.78 is 42.7. The van der Waals surface area contributed by atoms with Crippen LogP contribution in [0.3, 0.4) is 0 Å². The number of benzene rings is 1. The molecule has 0 bridgehead atoms. The zero-order chi connectivity index (χ0) is 15.9. The Morgan fingerprint density at radius 1 is 1.19 bits per heavy atom. The highest BCUT2D eigenvalue weighted by atomic mass is 19.4. The van der Waals surface area contributed by atoms with Crippen molar-refractivity contribution in [1.82, 2.24) is 5.32 Å². The van der Waals surface area contributed by atoms with Gasteiger partial charge >= 0.3 is 6.18 Å². The predicted octanol–water partition coefficient (Wildman–Crippen LogP) is 3.20. The summed E-state index contributed by atoms with van der Waals surface area (Å²) >= 11 is 0. The summed E-state index contributed by atoms with van der Waals surface area (Å²) in [4.78, 5) is 1.35. The molecular formula is C15H23F3N2O. The molecule has 0 unspecified atom stereocenters. The maximum Gasteiger partial charge on any atom is 0.405 e. The highest BCUT2D eigenvalue weighted by Gasteiger charge is 2.31. The number of nitrogens with one attached hydrogen (secondary N) is 1. The van der Waals surface area contributed by atoms with E-state index in [0.29, 0.717) is 18.8 Å². The van der Waals surface area contributed by atoms with E-state index in [1.165, 1.54) is 4.90 Å². The number of hydrogen-bond donors (Lipinski definition) is 1. The molecule has 0 amide bonds. The fourth-order valence-electron chi connectivity index (χ4n) is 1.98. The minimum Gasteiger partial charge on any atom is -0.383 e. The van der Waals surface area contributed by atoms with Gasteiger partial charge in [-0.15, -0.1) is 0 Å². The summed E-state index contributed by atoms with van der Waals surface area (Å²) in [6.07, 6.45) is -4.20. The van der Waals surface area contributed by atoms with Crippen LogP contribution in [0.25, 0.3) is 0 Å². The van der Waals surface area contributed by atoms with Crippen molar-refractivity contribution in [3.63, 3.8) is 0 Å². The van der Waals surface area contributed by atoms with Gasteiger partial charge < -0.3 is 15.0 Å². The van der Waals surface area contributed by atoms with Gasteiger partial charge in [-0.05, 0) is 31.5 Å². The molecule has 0 aliphatic rings. The van der Waals surface area contributed by atoms with E-state index in [4.69, 9.17) is 4.74 Å². The van der Waals surface area contributed by atoms with Gasteiger partial charge in [0.2, 0.25) is 0 Å². The van der Waals surface area contributed by atoms with Gasteiger partial charge in [-0.1, -0.05) is 12.1 Å². The number of methoxy groups -OCH3 is 1. The van der Waals surface area contributed by atoms with Gasteiger partial charge in [0.25, 0.3) is 0 Å². The lowest BCUT2D eigenvalue weighted by atomic mass is 10.1. The maximum absolute atomic E-state index is 12.6. The number of rotatable bonds is 8. The minimum absolute atomic E-state index is 0.211. The van der Waals surface area contributed by atoms with Gasteiger partial charge in [0, 0.05) is 31.9 Å². The third kappa shape index (κ3) is 6.82. The lowest BCUT2D eigenvalue weighted by Gasteiger charge is -2.30.